The van der Waals surface area contributed by atoms with Gasteiger partial charge in [0.15, 0.2) is 57.7 Å². The van der Waals surface area contributed by atoms with Crippen LogP contribution in [0.1, 0.15) is 22.3 Å². The number of benzene rings is 15. The summed E-state index contributed by atoms with van der Waals surface area (Å²) >= 11 is 0. The molecule has 0 N–H and O–H groups in total. The molecule has 19 aromatic rings. The van der Waals surface area contributed by atoms with Crippen LogP contribution in [0, 0.1) is 71.6 Å². The number of hydrogen-bond acceptors (Lipinski definition) is 10. The van der Waals surface area contributed by atoms with Crippen molar-refractivity contribution in [2.24, 2.45) is 0 Å². The van der Waals surface area contributed by atoms with E-state index in [-0.39, 0.29) is 0 Å². The lowest BCUT2D eigenvalue weighted by Crippen LogP contribution is -2.04. The molecule has 0 aliphatic heterocycles. The summed E-state index contributed by atoms with van der Waals surface area (Å²) in [4.78, 5) is 47.1. The van der Waals surface area contributed by atoms with Gasteiger partial charge in [-0.2, -0.15) is 21.0 Å². The Hall–Kier alpha value is -18.2. The summed E-state index contributed by atoms with van der Waals surface area (Å²) in [7, 11) is 0. The van der Waals surface area contributed by atoms with E-state index in [1.165, 1.54) is 0 Å². The van der Waals surface area contributed by atoms with Crippen molar-refractivity contribution < 1.29 is 0 Å². The summed E-state index contributed by atoms with van der Waals surface area (Å²) < 4.78 is 4.41. The Morgan fingerprint density at radius 2 is 0.542 bits per heavy atom. The first-order valence-electron chi connectivity index (χ1n) is 38.1. The fraction of sp³-hybridized carbons (Fsp3) is 0. The first-order chi connectivity index (χ1) is 59.1. The molecule has 0 saturated carbocycles. The van der Waals surface area contributed by atoms with E-state index < -0.39 is 0 Å². The van der Waals surface area contributed by atoms with Gasteiger partial charge in [-0.3, -0.25) is 0 Å². The number of aromatic nitrogens is 8. The third-order valence-electron chi connectivity index (χ3n) is 21.7. The van der Waals surface area contributed by atoms with Crippen LogP contribution in [0.15, 0.2) is 328 Å². The number of hydrogen-bond donors (Lipinski definition) is 0. The maximum Gasteiger partial charge on any atom is 0.196 e. The van der Waals surface area contributed by atoms with Crippen molar-refractivity contribution in [1.82, 2.24) is 39.0 Å². The molecule has 0 aliphatic rings. The fourth-order valence-corrected chi connectivity index (χ4v) is 15.9. The standard InChI is InChI=1S/C104H54N16/c1-109-79-36-40-82(78(51-79)62-108)74-33-45-94-86(55-74)88-57-76(84-41-37-80(110-2)58-92(84)112-4)35-47-96(88)120(94)98-43-31-72(53-90(98)104-117-101(67-22-13-7-14-23-67)114-102(118-104)68-24-15-8-16-25-68)70-27-17-26-69(50-70)71-30-42-97(89(52-71)103-115-99(65-18-9-5-10-19-65)113-100(116-103)66-20-11-6-12-21-66)119-93-44-32-73(81-38-28-63(59-105)48-77(81)61-107)54-85(93)87-56-75(34-46-95(87)119)83-39-29-64(60-106)49-91(83)111-3/h5-58H. The molecule has 4 heterocycles. The Morgan fingerprint density at radius 1 is 0.225 bits per heavy atom. The molecule has 0 bridgehead atoms. The Morgan fingerprint density at radius 3 is 0.925 bits per heavy atom. The summed E-state index contributed by atoms with van der Waals surface area (Å²) in [6.07, 6.45) is 0. The normalized spacial score (nSPS) is 10.9. The minimum atomic E-state index is 0.329. The largest absolute Gasteiger partial charge is 0.308 e. The quantitative estimate of drug-likeness (QED) is 0.0943. The van der Waals surface area contributed by atoms with Crippen molar-refractivity contribution in [2.45, 2.75) is 0 Å². The van der Waals surface area contributed by atoms with E-state index in [2.05, 4.69) is 144 Å². The van der Waals surface area contributed by atoms with E-state index >= 15 is 0 Å². The molecule has 0 amide bonds. The van der Waals surface area contributed by atoms with Gasteiger partial charge < -0.3 is 9.13 Å². The van der Waals surface area contributed by atoms with Crippen LogP contribution in [0.25, 0.3) is 209 Å². The molecule has 0 radical (unpaired) electrons. The Balaban J connectivity index is 0.839. The van der Waals surface area contributed by atoms with Crippen LogP contribution < -0.4 is 0 Å². The van der Waals surface area contributed by atoms with Crippen molar-refractivity contribution in [3.05, 3.63) is 396 Å². The molecule has 16 heteroatoms. The average Bonchev–Trinajstić information content (AvgIpc) is 1.49. The molecule has 16 nitrogen and oxygen atoms in total. The van der Waals surface area contributed by atoms with Gasteiger partial charge in [0, 0.05) is 66.1 Å². The zero-order valence-electron chi connectivity index (χ0n) is 63.3. The van der Waals surface area contributed by atoms with Crippen LogP contribution in [-0.2, 0) is 0 Å². The molecule has 0 atom stereocenters. The molecule has 4 aromatic heterocycles. The van der Waals surface area contributed by atoms with E-state index in [4.69, 9.17) is 56.2 Å². The van der Waals surface area contributed by atoms with Crippen LogP contribution in [-0.4, -0.2) is 39.0 Å². The second-order valence-electron chi connectivity index (χ2n) is 28.5. The van der Waals surface area contributed by atoms with E-state index in [1.54, 1.807) is 54.6 Å². The van der Waals surface area contributed by atoms with Gasteiger partial charge >= 0.3 is 0 Å². The summed E-state index contributed by atoms with van der Waals surface area (Å²) in [5.41, 5.74) is 21.0. The minimum Gasteiger partial charge on any atom is -0.308 e. The summed E-state index contributed by atoms with van der Waals surface area (Å²) in [6.45, 7) is 32.1. The van der Waals surface area contributed by atoms with Crippen LogP contribution in [0.2, 0.25) is 0 Å². The molecule has 0 fully saturated rings. The zero-order chi connectivity index (χ0) is 81.5. The topological polar surface area (TPSA) is 200 Å². The Labute approximate surface area is 688 Å². The monoisotopic (exact) mass is 1530 g/mol. The maximum absolute atomic E-state index is 10.6. The molecule has 0 aliphatic carbocycles. The number of rotatable bonds is 14. The highest BCUT2D eigenvalue weighted by atomic mass is 15.1. The van der Waals surface area contributed by atoms with Crippen LogP contribution in [0.5, 0.6) is 0 Å². The lowest BCUT2D eigenvalue weighted by Gasteiger charge is -2.18. The highest BCUT2D eigenvalue weighted by Gasteiger charge is 2.27. The average molecular weight is 1530 g/mol. The first kappa shape index (κ1) is 72.1. The van der Waals surface area contributed by atoms with Crippen LogP contribution in [0.4, 0.5) is 22.7 Å². The van der Waals surface area contributed by atoms with Crippen LogP contribution >= 0.6 is 0 Å². The molecule has 0 unspecified atom stereocenters. The molecule has 0 saturated heterocycles. The second-order valence-corrected chi connectivity index (χ2v) is 28.5. The molecular weight excluding hydrogens is 1470 g/mol. The second kappa shape index (κ2) is 30.4. The molecule has 550 valence electrons. The molecular formula is C104H54N16. The van der Waals surface area contributed by atoms with Crippen molar-refractivity contribution in [3.63, 3.8) is 0 Å². The van der Waals surface area contributed by atoms with Gasteiger partial charge in [0.2, 0.25) is 0 Å². The highest BCUT2D eigenvalue weighted by Crippen LogP contribution is 2.47. The highest BCUT2D eigenvalue weighted by molar-refractivity contribution is 6.14. The fourth-order valence-electron chi connectivity index (χ4n) is 15.9. The van der Waals surface area contributed by atoms with E-state index in [0.29, 0.717) is 113 Å². The van der Waals surface area contributed by atoms with Gasteiger partial charge in [-0.05, 0) is 176 Å². The van der Waals surface area contributed by atoms with Gasteiger partial charge in [-0.1, -0.05) is 218 Å². The van der Waals surface area contributed by atoms with Gasteiger partial charge in [-0.15, -0.1) is 0 Å². The number of fused-ring (bicyclic) bond motifs is 6. The van der Waals surface area contributed by atoms with Gasteiger partial charge in [0.25, 0.3) is 0 Å². The third-order valence-corrected chi connectivity index (χ3v) is 21.7. The Kier molecular flexibility index (Phi) is 18.3. The van der Waals surface area contributed by atoms with Gasteiger partial charge in [0.1, 0.15) is 0 Å². The smallest absolute Gasteiger partial charge is 0.196 e. The number of nitrogens with zero attached hydrogens (tertiary/aromatic N) is 16. The van der Waals surface area contributed by atoms with Crippen LogP contribution in [0.3, 0.4) is 0 Å². The molecule has 19 rings (SSSR count). The van der Waals surface area contributed by atoms with E-state index in [9.17, 15) is 21.0 Å². The van der Waals surface area contributed by atoms with E-state index in [1.807, 2.05) is 182 Å². The predicted octanol–water partition coefficient (Wildman–Crippen LogP) is 25.9. The van der Waals surface area contributed by atoms with Crippen molar-refractivity contribution in [3.8, 4) is 171 Å². The number of nitriles is 4. The SMILES string of the molecule is [C-]#[N+]c1ccc(-c2ccc3c(c2)c2cc(-c4ccc([N+]#[C-])cc4[N+]#[C-])ccc2n3-c2ccc(-c3cccc(-c4ccc(-n5c6ccc(-c7ccc(C#N)cc7C#N)cc6c6cc(-c7ccc(C#N)cc7[N+]#[C-])ccc65)c(-c5nc(-c6ccccc6)nc(-c6ccccc6)n5)c4)c3)cc2-c2nc(-c3ccccc3)nc(-c3ccccc3)n2)c(C#N)c1. The van der Waals surface area contributed by atoms with Crippen molar-refractivity contribution in [1.29, 1.82) is 21.0 Å². The van der Waals surface area contributed by atoms with Gasteiger partial charge in [-0.25, -0.2) is 49.3 Å². The summed E-state index contributed by atoms with van der Waals surface area (Å²) in [5, 5.41) is 44.4. The van der Waals surface area contributed by atoms with E-state index in [0.717, 1.165) is 122 Å². The minimum absolute atomic E-state index is 0.329. The zero-order valence-corrected chi connectivity index (χ0v) is 63.3. The predicted molar refractivity (Wildman–Crippen MR) is 471 cm³/mol. The first-order valence-corrected chi connectivity index (χ1v) is 38.1. The lowest BCUT2D eigenvalue weighted by molar-refractivity contribution is 1.06. The molecule has 15 aromatic carbocycles. The summed E-state index contributed by atoms with van der Waals surface area (Å²) in [6, 6.07) is 114. The molecule has 0 spiro atoms. The van der Waals surface area contributed by atoms with Crippen molar-refractivity contribution in [2.75, 3.05) is 0 Å². The summed E-state index contributed by atoms with van der Waals surface area (Å²) in [5.74, 6) is 2.62. The lowest BCUT2D eigenvalue weighted by atomic mass is 9.95. The Bertz CT molecular complexity index is 7040. The van der Waals surface area contributed by atoms with Crippen molar-refractivity contribution >= 4 is 66.4 Å². The molecule has 120 heavy (non-hydrogen) atoms. The third kappa shape index (κ3) is 13.0. The van der Waals surface area contributed by atoms with Gasteiger partial charge in [0.05, 0.1) is 95.1 Å². The maximum atomic E-state index is 10.6.